The van der Waals surface area contributed by atoms with Gasteiger partial charge in [0.05, 0.1) is 6.04 Å². The average molecular weight is 503 g/mol. The standard InChI is InChI=1S/C28H30N4O3S/c1-17(29)27(34)31-24(15-22-16-36-25-10-6-5-9-23(22)25)28(35)32-26(30-18(2)33)14-19-11-12-20-7-3-4-8-21(20)13-19/h3-13,16-17,24,26H,14-15,29H2,1-2H3,(H,30,33)(H,31,34)(H,32,35)/t17-,24?,26?/m1/s1. The minimum Gasteiger partial charge on any atom is -0.343 e. The van der Waals surface area contributed by atoms with Gasteiger partial charge in [-0.15, -0.1) is 11.3 Å². The predicted molar refractivity (Wildman–Crippen MR) is 145 cm³/mol. The molecule has 2 unspecified atom stereocenters. The van der Waals surface area contributed by atoms with Gasteiger partial charge in [0, 0.05) is 24.5 Å². The monoisotopic (exact) mass is 502 g/mol. The largest absolute Gasteiger partial charge is 0.343 e. The van der Waals surface area contributed by atoms with Gasteiger partial charge in [-0.25, -0.2) is 0 Å². The molecule has 1 heterocycles. The number of nitrogens with two attached hydrogens (primary N) is 1. The highest BCUT2D eigenvalue weighted by Crippen LogP contribution is 2.26. The van der Waals surface area contributed by atoms with Crippen LogP contribution in [0.1, 0.15) is 25.0 Å². The molecule has 0 saturated heterocycles. The first-order chi connectivity index (χ1) is 17.3. The highest BCUT2D eigenvalue weighted by molar-refractivity contribution is 7.17. The molecular formula is C28H30N4O3S. The molecule has 7 nitrogen and oxygen atoms in total. The van der Waals surface area contributed by atoms with Crippen molar-refractivity contribution in [2.24, 2.45) is 5.73 Å². The van der Waals surface area contributed by atoms with Crippen LogP contribution in [0.4, 0.5) is 0 Å². The molecule has 4 aromatic rings. The summed E-state index contributed by atoms with van der Waals surface area (Å²) in [4.78, 5) is 37.8. The van der Waals surface area contributed by atoms with Crippen molar-refractivity contribution < 1.29 is 14.4 Å². The molecule has 0 aliphatic rings. The minimum atomic E-state index is -0.852. The lowest BCUT2D eigenvalue weighted by Crippen LogP contribution is -2.57. The number of nitrogens with one attached hydrogen (secondary N) is 3. The number of hydrogen-bond acceptors (Lipinski definition) is 5. The van der Waals surface area contributed by atoms with Crippen molar-refractivity contribution in [1.29, 1.82) is 0 Å². The van der Waals surface area contributed by atoms with Crippen molar-refractivity contribution in [2.45, 2.75) is 44.9 Å². The number of fused-ring (bicyclic) bond motifs is 2. The highest BCUT2D eigenvalue weighted by Gasteiger charge is 2.26. The highest BCUT2D eigenvalue weighted by atomic mass is 32.1. The molecule has 0 radical (unpaired) electrons. The van der Waals surface area contributed by atoms with Gasteiger partial charge in [-0.2, -0.15) is 0 Å². The first-order valence-corrected chi connectivity index (χ1v) is 12.7. The number of thiophene rings is 1. The maximum atomic E-state index is 13.4. The van der Waals surface area contributed by atoms with Crippen molar-refractivity contribution in [3.05, 3.63) is 83.2 Å². The third kappa shape index (κ3) is 6.27. The van der Waals surface area contributed by atoms with Crippen LogP contribution < -0.4 is 21.7 Å². The Kier molecular flexibility index (Phi) is 7.97. The summed E-state index contributed by atoms with van der Waals surface area (Å²) in [5.74, 6) is -1.07. The Morgan fingerprint density at radius 2 is 1.58 bits per heavy atom. The van der Waals surface area contributed by atoms with Crippen LogP contribution >= 0.6 is 11.3 Å². The van der Waals surface area contributed by atoms with E-state index >= 15 is 0 Å². The number of benzene rings is 3. The second-order valence-corrected chi connectivity index (χ2v) is 9.87. The topological polar surface area (TPSA) is 113 Å². The number of hydrogen-bond donors (Lipinski definition) is 4. The van der Waals surface area contributed by atoms with E-state index in [-0.39, 0.29) is 11.8 Å². The molecule has 8 heteroatoms. The minimum absolute atomic E-state index is 0.263. The smallest absolute Gasteiger partial charge is 0.244 e. The van der Waals surface area contributed by atoms with Gasteiger partial charge in [-0.1, -0.05) is 60.7 Å². The first kappa shape index (κ1) is 25.3. The lowest BCUT2D eigenvalue weighted by atomic mass is 10.0. The van der Waals surface area contributed by atoms with Crippen LogP contribution in [0.15, 0.2) is 72.1 Å². The fourth-order valence-corrected chi connectivity index (χ4v) is 5.16. The maximum Gasteiger partial charge on any atom is 0.244 e. The van der Waals surface area contributed by atoms with Crippen LogP contribution in [0.3, 0.4) is 0 Å². The molecule has 0 bridgehead atoms. The van der Waals surface area contributed by atoms with Crippen molar-refractivity contribution in [3.63, 3.8) is 0 Å². The summed E-state index contributed by atoms with van der Waals surface area (Å²) in [5, 5.41) is 13.8. The molecule has 0 fully saturated rings. The van der Waals surface area contributed by atoms with Crippen LogP contribution in [0.2, 0.25) is 0 Å². The van der Waals surface area contributed by atoms with Gasteiger partial charge in [-0.3, -0.25) is 14.4 Å². The number of amides is 3. The summed E-state index contributed by atoms with van der Waals surface area (Å²) in [7, 11) is 0. The SMILES string of the molecule is CC(=O)NC(Cc1ccc2ccccc2c1)NC(=O)C(Cc1csc2ccccc12)NC(=O)[C@@H](C)N. The fourth-order valence-electron chi connectivity index (χ4n) is 4.18. The zero-order chi connectivity index (χ0) is 25.7. The molecule has 0 saturated carbocycles. The Hall–Kier alpha value is -3.75. The third-order valence-corrected chi connectivity index (χ3v) is 6.99. The van der Waals surface area contributed by atoms with Crippen molar-refractivity contribution in [3.8, 4) is 0 Å². The van der Waals surface area contributed by atoms with E-state index in [0.29, 0.717) is 12.8 Å². The zero-order valence-electron chi connectivity index (χ0n) is 20.3. The summed E-state index contributed by atoms with van der Waals surface area (Å²) in [6.45, 7) is 2.98. The molecule has 3 aromatic carbocycles. The van der Waals surface area contributed by atoms with Crippen molar-refractivity contribution in [1.82, 2.24) is 16.0 Å². The summed E-state index contributed by atoms with van der Waals surface area (Å²) in [5.41, 5.74) is 7.69. The Balaban J connectivity index is 1.55. The molecule has 3 atom stereocenters. The van der Waals surface area contributed by atoms with Gasteiger partial charge in [0.15, 0.2) is 0 Å². The second kappa shape index (κ2) is 11.3. The summed E-state index contributed by atoms with van der Waals surface area (Å²) in [6, 6.07) is 20.4. The molecule has 186 valence electrons. The van der Waals surface area contributed by atoms with Crippen molar-refractivity contribution >= 4 is 49.9 Å². The molecule has 1 aromatic heterocycles. The zero-order valence-corrected chi connectivity index (χ0v) is 21.1. The fraction of sp³-hybridized carbons (Fsp3) is 0.250. The maximum absolute atomic E-state index is 13.4. The third-order valence-electron chi connectivity index (χ3n) is 5.98. The van der Waals surface area contributed by atoms with Crippen LogP contribution in [-0.4, -0.2) is 36.0 Å². The van der Waals surface area contributed by atoms with E-state index in [2.05, 4.69) is 16.0 Å². The van der Waals surface area contributed by atoms with Gasteiger partial charge in [0.2, 0.25) is 17.7 Å². The van der Waals surface area contributed by atoms with E-state index < -0.39 is 24.2 Å². The molecule has 5 N–H and O–H groups in total. The van der Waals surface area contributed by atoms with Crippen LogP contribution in [0, 0.1) is 0 Å². The van der Waals surface area contributed by atoms with Crippen LogP contribution in [0.5, 0.6) is 0 Å². The van der Waals surface area contributed by atoms with Gasteiger partial charge in [0.25, 0.3) is 0 Å². The van der Waals surface area contributed by atoms with Gasteiger partial charge in [0.1, 0.15) is 12.2 Å². The predicted octanol–water partition coefficient (Wildman–Crippen LogP) is 3.25. The molecular weight excluding hydrogens is 472 g/mol. The van der Waals surface area contributed by atoms with E-state index in [1.807, 2.05) is 72.1 Å². The van der Waals surface area contributed by atoms with Crippen LogP contribution in [0.25, 0.3) is 20.9 Å². The van der Waals surface area contributed by atoms with Gasteiger partial charge >= 0.3 is 0 Å². The van der Waals surface area contributed by atoms with Crippen molar-refractivity contribution in [2.75, 3.05) is 0 Å². The molecule has 0 aliphatic heterocycles. The quantitative estimate of drug-likeness (QED) is 0.263. The van der Waals surface area contributed by atoms with E-state index in [1.165, 1.54) is 6.92 Å². The Morgan fingerprint density at radius 1 is 0.861 bits per heavy atom. The lowest BCUT2D eigenvalue weighted by Gasteiger charge is -2.25. The number of rotatable bonds is 9. The number of carbonyl (C=O) groups is 3. The van der Waals surface area contributed by atoms with E-state index in [4.69, 9.17) is 5.73 Å². The summed E-state index contributed by atoms with van der Waals surface area (Å²) >= 11 is 1.59. The normalized spacial score (nSPS) is 13.6. The molecule has 4 rings (SSSR count). The Labute approximate surface area is 214 Å². The van der Waals surface area contributed by atoms with E-state index in [9.17, 15) is 14.4 Å². The molecule has 0 aliphatic carbocycles. The Bertz CT molecular complexity index is 1400. The lowest BCUT2D eigenvalue weighted by molar-refractivity contribution is -0.130. The van der Waals surface area contributed by atoms with Gasteiger partial charge < -0.3 is 21.7 Å². The van der Waals surface area contributed by atoms with Gasteiger partial charge in [-0.05, 0) is 45.7 Å². The first-order valence-electron chi connectivity index (χ1n) is 11.9. The molecule has 3 amide bonds. The number of carbonyl (C=O) groups excluding carboxylic acids is 3. The van der Waals surface area contributed by atoms with E-state index in [0.717, 1.165) is 32.0 Å². The average Bonchev–Trinajstić information content (AvgIpc) is 3.25. The molecule has 0 spiro atoms. The van der Waals surface area contributed by atoms with Crippen LogP contribution in [-0.2, 0) is 27.2 Å². The second-order valence-electron chi connectivity index (χ2n) is 8.96. The summed E-state index contributed by atoms with van der Waals surface area (Å²) in [6.07, 6.45) is 0.0489. The summed E-state index contributed by atoms with van der Waals surface area (Å²) < 4.78 is 1.11. The molecule has 36 heavy (non-hydrogen) atoms. The van der Waals surface area contributed by atoms with E-state index in [1.54, 1.807) is 18.3 Å². The Morgan fingerprint density at radius 3 is 2.33 bits per heavy atom.